The first-order chi connectivity index (χ1) is 16.7. The molecule has 3 N–H and O–H groups in total. The topological polar surface area (TPSA) is 111 Å². The van der Waals surface area contributed by atoms with Gasteiger partial charge >= 0.3 is 0 Å². The van der Waals surface area contributed by atoms with E-state index in [1.165, 1.54) is 37.5 Å². The zero-order valence-electron chi connectivity index (χ0n) is 20.7. The Morgan fingerprint density at radius 2 is 2.00 bits per heavy atom. The molecule has 0 bridgehead atoms. The normalized spacial score (nSPS) is 15.4. The third-order valence-electron chi connectivity index (χ3n) is 6.15. The van der Waals surface area contributed by atoms with Crippen molar-refractivity contribution in [2.24, 2.45) is 17.8 Å². The van der Waals surface area contributed by atoms with E-state index >= 15 is 0 Å². The van der Waals surface area contributed by atoms with Gasteiger partial charge in [-0.25, -0.2) is 19.3 Å². The Kier molecular flexibility index (Phi) is 6.95. The summed E-state index contributed by atoms with van der Waals surface area (Å²) in [5.74, 6) is 0.530. The van der Waals surface area contributed by atoms with Crippen LogP contribution in [0.1, 0.15) is 79.8 Å². The molecule has 0 unspecified atom stereocenters. The number of carbonyl (C=O) groups excluding carboxylic acids is 1. The summed E-state index contributed by atoms with van der Waals surface area (Å²) in [5.41, 5.74) is 8.65. The van der Waals surface area contributed by atoms with Crippen LogP contribution in [0.25, 0.3) is 16.7 Å². The van der Waals surface area contributed by atoms with Crippen LogP contribution in [0.2, 0.25) is 0 Å². The average Bonchev–Trinajstić information content (AvgIpc) is 3.45. The number of fused-ring (bicyclic) bond motifs is 1. The van der Waals surface area contributed by atoms with Gasteiger partial charge in [-0.3, -0.25) is 9.79 Å². The first kappa shape index (κ1) is 24.5. The highest BCUT2D eigenvalue weighted by Gasteiger charge is 2.25. The first-order valence-electron chi connectivity index (χ1n) is 11.9. The summed E-state index contributed by atoms with van der Waals surface area (Å²) in [6, 6.07) is 4.57. The summed E-state index contributed by atoms with van der Waals surface area (Å²) >= 11 is 0. The Morgan fingerprint density at radius 1 is 1.26 bits per heavy atom. The predicted octanol–water partition coefficient (Wildman–Crippen LogP) is 4.26. The van der Waals surface area contributed by atoms with Crippen LogP contribution in [-0.2, 0) is 13.6 Å². The Balaban J connectivity index is 1.55. The second-order valence-corrected chi connectivity index (χ2v) is 9.99. The lowest BCUT2D eigenvalue weighted by molar-refractivity contribution is 0.0947. The van der Waals surface area contributed by atoms with E-state index in [1.807, 2.05) is 32.4 Å². The van der Waals surface area contributed by atoms with Gasteiger partial charge < -0.3 is 15.6 Å². The smallest absolute Gasteiger partial charge is 0.272 e. The average molecular weight is 478 g/mol. The summed E-state index contributed by atoms with van der Waals surface area (Å²) in [6.45, 7) is 6.02. The monoisotopic (exact) mass is 477 g/mol. The number of benzene rings is 1. The molecule has 1 aliphatic carbocycles. The molecule has 8 nitrogen and oxygen atoms in total. The molecular weight excluding hydrogens is 445 g/mol. The van der Waals surface area contributed by atoms with Crippen LogP contribution < -0.4 is 11.1 Å². The molecule has 0 aliphatic heterocycles. The van der Waals surface area contributed by atoms with Gasteiger partial charge in [0.1, 0.15) is 23.5 Å². The molecule has 3 aromatic rings. The standard InChI is InChI=1S/C26H32FN7O/c1-26(2,3)32-14-19(12-28)18-9-16(10-20(27)11-18)13-29-25(35)21-22-23(31-15-30-21)33-24(34(22)4)17-7-5-6-8-17/h9-12,14-15,17H,5-8,13,28H2,1-4H3,(H,29,35). The van der Waals surface area contributed by atoms with Gasteiger partial charge in [-0.1, -0.05) is 12.8 Å². The summed E-state index contributed by atoms with van der Waals surface area (Å²) in [7, 11) is 1.90. The number of aryl methyl sites for hydroxylation is 1. The minimum absolute atomic E-state index is 0.122. The minimum atomic E-state index is -0.424. The van der Waals surface area contributed by atoms with Crippen molar-refractivity contribution in [3.63, 3.8) is 0 Å². The molecule has 35 heavy (non-hydrogen) atoms. The third-order valence-corrected chi connectivity index (χ3v) is 6.15. The number of aromatic nitrogens is 4. The number of nitrogens with zero attached hydrogens (tertiary/aromatic N) is 5. The van der Waals surface area contributed by atoms with Gasteiger partial charge in [0.25, 0.3) is 5.91 Å². The summed E-state index contributed by atoms with van der Waals surface area (Å²) in [5, 5.41) is 2.86. The highest BCUT2D eigenvalue weighted by Crippen LogP contribution is 2.34. The molecular formula is C26H32FN7O. The molecule has 0 radical (unpaired) electrons. The maximum Gasteiger partial charge on any atom is 0.272 e. The molecule has 1 amide bonds. The third kappa shape index (κ3) is 5.55. The fourth-order valence-corrected chi connectivity index (χ4v) is 4.44. The molecule has 9 heteroatoms. The van der Waals surface area contributed by atoms with Gasteiger partial charge in [-0.15, -0.1) is 0 Å². The molecule has 1 aromatic carbocycles. The summed E-state index contributed by atoms with van der Waals surface area (Å²) < 4.78 is 16.3. The van der Waals surface area contributed by atoms with Crippen LogP contribution in [0.4, 0.5) is 4.39 Å². The van der Waals surface area contributed by atoms with Crippen molar-refractivity contribution in [2.75, 3.05) is 0 Å². The zero-order chi connectivity index (χ0) is 25.2. The quantitative estimate of drug-likeness (QED) is 0.516. The number of amides is 1. The number of allylic oxidation sites excluding steroid dienone is 1. The van der Waals surface area contributed by atoms with Crippen LogP contribution in [0, 0.1) is 5.82 Å². The molecule has 0 atom stereocenters. The Bertz CT molecular complexity index is 1300. The van der Waals surface area contributed by atoms with Gasteiger partial charge in [0, 0.05) is 37.5 Å². The van der Waals surface area contributed by atoms with E-state index in [0.29, 0.717) is 33.8 Å². The van der Waals surface area contributed by atoms with Gasteiger partial charge in [0.15, 0.2) is 11.3 Å². The lowest BCUT2D eigenvalue weighted by Gasteiger charge is -2.13. The lowest BCUT2D eigenvalue weighted by Crippen LogP contribution is -2.25. The molecule has 0 saturated heterocycles. The summed E-state index contributed by atoms with van der Waals surface area (Å²) in [6.07, 6.45) is 8.95. The van der Waals surface area contributed by atoms with Gasteiger partial charge in [0.05, 0.1) is 5.54 Å². The number of imidazole rings is 1. The number of hydrogen-bond donors (Lipinski definition) is 2. The largest absolute Gasteiger partial charge is 0.404 e. The Labute approximate surface area is 204 Å². The Morgan fingerprint density at radius 3 is 2.69 bits per heavy atom. The molecule has 2 heterocycles. The number of hydrogen-bond acceptors (Lipinski definition) is 6. The van der Waals surface area contributed by atoms with Crippen molar-refractivity contribution >= 4 is 28.9 Å². The highest BCUT2D eigenvalue weighted by molar-refractivity contribution is 6.09. The van der Waals surface area contributed by atoms with Crippen LogP contribution >= 0.6 is 0 Å². The number of carbonyl (C=O) groups is 1. The fraction of sp³-hybridized carbons (Fsp3) is 0.423. The number of rotatable bonds is 6. The SMILES string of the molecule is Cn1c(C2CCCC2)nc2ncnc(C(=O)NCc3cc(F)cc(C(C=NC(C)(C)C)=CN)c3)c21. The van der Waals surface area contributed by atoms with Crippen molar-refractivity contribution in [3.05, 3.63) is 59.2 Å². The van der Waals surface area contributed by atoms with Crippen molar-refractivity contribution in [1.82, 2.24) is 24.8 Å². The van der Waals surface area contributed by atoms with Crippen molar-refractivity contribution < 1.29 is 9.18 Å². The molecule has 0 spiro atoms. The number of nitrogens with two attached hydrogens (primary N) is 1. The molecule has 2 aromatic heterocycles. The van der Waals surface area contributed by atoms with Gasteiger partial charge in [-0.2, -0.15) is 0 Å². The van der Waals surface area contributed by atoms with Gasteiger partial charge in [0.2, 0.25) is 0 Å². The number of aliphatic imine (C=N–C) groups is 1. The van der Waals surface area contributed by atoms with Crippen molar-refractivity contribution in [2.45, 2.75) is 64.5 Å². The van der Waals surface area contributed by atoms with Crippen LogP contribution in [-0.4, -0.2) is 37.2 Å². The second kappa shape index (κ2) is 9.93. The van der Waals surface area contributed by atoms with E-state index in [2.05, 4.69) is 20.3 Å². The molecule has 184 valence electrons. The zero-order valence-corrected chi connectivity index (χ0v) is 20.7. The molecule has 1 fully saturated rings. The lowest BCUT2D eigenvalue weighted by atomic mass is 10.0. The predicted molar refractivity (Wildman–Crippen MR) is 135 cm³/mol. The van der Waals surface area contributed by atoms with E-state index < -0.39 is 5.82 Å². The second-order valence-electron chi connectivity index (χ2n) is 9.99. The molecule has 1 saturated carbocycles. The number of nitrogens with one attached hydrogen (secondary N) is 1. The molecule has 1 aliphatic rings. The maximum atomic E-state index is 14.4. The summed E-state index contributed by atoms with van der Waals surface area (Å²) in [4.78, 5) is 30.8. The van der Waals surface area contributed by atoms with Crippen molar-refractivity contribution in [3.8, 4) is 0 Å². The van der Waals surface area contributed by atoms with Crippen molar-refractivity contribution in [1.29, 1.82) is 0 Å². The van der Waals surface area contributed by atoms with Crippen LogP contribution in [0.5, 0.6) is 0 Å². The van der Waals surface area contributed by atoms with E-state index in [0.717, 1.165) is 18.7 Å². The van der Waals surface area contributed by atoms with E-state index in [-0.39, 0.29) is 23.7 Å². The van der Waals surface area contributed by atoms with Crippen LogP contribution in [0.3, 0.4) is 0 Å². The minimum Gasteiger partial charge on any atom is -0.404 e. The first-order valence-corrected chi connectivity index (χ1v) is 11.9. The van der Waals surface area contributed by atoms with E-state index in [9.17, 15) is 9.18 Å². The van der Waals surface area contributed by atoms with E-state index in [4.69, 9.17) is 10.7 Å². The van der Waals surface area contributed by atoms with E-state index in [1.54, 1.807) is 12.3 Å². The maximum absolute atomic E-state index is 14.4. The molecule has 4 rings (SSSR count). The van der Waals surface area contributed by atoms with Gasteiger partial charge in [-0.05, 0) is 62.9 Å². The highest BCUT2D eigenvalue weighted by atomic mass is 19.1. The Hall–Kier alpha value is -3.62. The number of halogens is 1. The van der Waals surface area contributed by atoms with Crippen LogP contribution in [0.15, 0.2) is 35.7 Å². The fourth-order valence-electron chi connectivity index (χ4n) is 4.44.